The van der Waals surface area contributed by atoms with E-state index in [9.17, 15) is 14.7 Å². The van der Waals surface area contributed by atoms with Crippen LogP contribution < -0.4 is 29.1 Å². The minimum atomic E-state index is -3.45. The number of nitro groups is 1. The van der Waals surface area contributed by atoms with Gasteiger partial charge < -0.3 is 38.6 Å². The van der Waals surface area contributed by atoms with Crippen LogP contribution in [0.2, 0.25) is 0 Å². The lowest BCUT2D eigenvalue weighted by Crippen LogP contribution is -3.00. The normalized spacial score (nSPS) is 13.8. The van der Waals surface area contributed by atoms with E-state index in [0.29, 0.717) is 25.3 Å². The van der Waals surface area contributed by atoms with Crippen LogP contribution in [0.15, 0.2) is 6.20 Å². The highest BCUT2D eigenvalue weighted by atomic mass is 127. The molecular formula is C17H34Cl2IN6O4P. The van der Waals surface area contributed by atoms with Crippen LogP contribution >= 0.6 is 30.9 Å². The van der Waals surface area contributed by atoms with Gasteiger partial charge in [0.25, 0.3) is 0 Å². The predicted molar refractivity (Wildman–Crippen MR) is 120 cm³/mol. The van der Waals surface area contributed by atoms with Crippen molar-refractivity contribution in [2.45, 2.75) is 26.4 Å². The Labute approximate surface area is 211 Å². The summed E-state index contributed by atoms with van der Waals surface area (Å²) in [7, 11) is 2.42. The number of alkyl halides is 2. The summed E-state index contributed by atoms with van der Waals surface area (Å²) in [6.07, 6.45) is 3.16. The number of rotatable bonds is 16. The molecule has 1 rings (SSSR count). The first kappa shape index (κ1) is 31.0. The first-order valence-corrected chi connectivity index (χ1v) is 12.6. The number of aromatic nitrogens is 2. The van der Waals surface area contributed by atoms with Gasteiger partial charge in [-0.05, 0) is 24.7 Å². The summed E-state index contributed by atoms with van der Waals surface area (Å²) < 4.78 is 23.3. The van der Waals surface area contributed by atoms with Gasteiger partial charge in [0.05, 0.1) is 34.2 Å². The maximum Gasteiger partial charge on any atom is 0.434 e. The number of hydrogen-bond acceptors (Lipinski definition) is 5. The number of imidazole rings is 1. The van der Waals surface area contributed by atoms with Crippen molar-refractivity contribution < 1.29 is 42.5 Å². The van der Waals surface area contributed by atoms with Crippen LogP contribution in [0.5, 0.6) is 0 Å². The second kappa shape index (κ2) is 15.0. The monoisotopic (exact) mass is 614 g/mol. The van der Waals surface area contributed by atoms with Crippen molar-refractivity contribution in [1.82, 2.24) is 19.3 Å². The first-order valence-electron chi connectivity index (χ1n) is 9.94. The van der Waals surface area contributed by atoms with Gasteiger partial charge in [-0.2, -0.15) is 0 Å². The number of halogens is 3. The summed E-state index contributed by atoms with van der Waals surface area (Å²) in [5.74, 6) is 0.239. The van der Waals surface area contributed by atoms with Crippen LogP contribution in [0.1, 0.15) is 25.5 Å². The Morgan fingerprint density at radius 1 is 1.32 bits per heavy atom. The summed E-state index contributed by atoms with van der Waals surface area (Å²) >= 11 is 11.8. The van der Waals surface area contributed by atoms with Gasteiger partial charge in [-0.25, -0.2) is 14.3 Å². The molecule has 0 bridgehead atoms. The van der Waals surface area contributed by atoms with E-state index >= 15 is 0 Å². The van der Waals surface area contributed by atoms with Gasteiger partial charge in [-0.15, -0.1) is 23.2 Å². The van der Waals surface area contributed by atoms with Gasteiger partial charge in [0, 0.05) is 31.4 Å². The third-order valence-corrected chi connectivity index (χ3v) is 7.61. The molecule has 0 saturated carbocycles. The Balaban J connectivity index is 0.00000900. The fraction of sp³-hybridized carbons (Fsp3) is 0.824. The maximum absolute atomic E-state index is 13.6. The molecule has 0 aromatic carbocycles. The number of hydrogen-bond donors (Lipinski definition) is 1. The van der Waals surface area contributed by atoms with Crippen LogP contribution in [0.3, 0.4) is 0 Å². The largest absolute Gasteiger partial charge is 1.00 e. The van der Waals surface area contributed by atoms with Gasteiger partial charge in [-0.1, -0.05) is 4.98 Å². The van der Waals surface area contributed by atoms with Crippen LogP contribution in [-0.2, 0) is 22.7 Å². The summed E-state index contributed by atoms with van der Waals surface area (Å²) in [6.45, 7) is 5.31. The zero-order valence-electron chi connectivity index (χ0n) is 18.6. The SMILES string of the molecule is CC[N+](C)(C)CCCCNP(=O)(OCc1cnc([N+](=O)[O-])n1C)N(CCCl)CCCl.[I-]. The quantitative estimate of drug-likeness (QED) is 0.0540. The summed E-state index contributed by atoms with van der Waals surface area (Å²) in [5, 5.41) is 14.0. The molecule has 182 valence electrons. The predicted octanol–water partition coefficient (Wildman–Crippen LogP) is 0.203. The molecule has 10 nitrogen and oxygen atoms in total. The van der Waals surface area contributed by atoms with Crippen LogP contribution in [0.25, 0.3) is 0 Å². The molecular weight excluding hydrogens is 581 g/mol. The van der Waals surface area contributed by atoms with Crippen molar-refractivity contribution in [3.05, 3.63) is 22.0 Å². The van der Waals surface area contributed by atoms with Gasteiger partial charge in [0.2, 0.25) is 0 Å². The Kier molecular flexibility index (Phi) is 15.0. The second-order valence-corrected chi connectivity index (χ2v) is 10.5. The van der Waals surface area contributed by atoms with Crippen molar-refractivity contribution in [2.75, 3.05) is 58.6 Å². The molecule has 0 aliphatic heterocycles. The van der Waals surface area contributed by atoms with Crippen molar-refractivity contribution in [3.8, 4) is 0 Å². The van der Waals surface area contributed by atoms with Gasteiger partial charge >= 0.3 is 13.6 Å². The van der Waals surface area contributed by atoms with Gasteiger partial charge in [-0.3, -0.25) is 9.09 Å². The van der Waals surface area contributed by atoms with E-state index in [1.54, 1.807) is 4.67 Å². The molecule has 0 saturated heterocycles. The lowest BCUT2D eigenvalue weighted by atomic mass is 10.3. The van der Waals surface area contributed by atoms with Crippen molar-refractivity contribution in [2.24, 2.45) is 7.05 Å². The van der Waals surface area contributed by atoms with Crippen molar-refractivity contribution >= 4 is 36.8 Å². The lowest BCUT2D eigenvalue weighted by Gasteiger charge is -2.31. The topological polar surface area (TPSA) is 103 Å². The molecule has 1 aromatic rings. The zero-order chi connectivity index (χ0) is 22.8. The molecule has 1 atom stereocenters. The third kappa shape index (κ3) is 10.2. The molecule has 0 amide bonds. The summed E-state index contributed by atoms with van der Waals surface area (Å²) in [5.41, 5.74) is 0.447. The Hall–Kier alpha value is -0.0100. The fourth-order valence-corrected chi connectivity index (χ4v) is 5.30. The molecule has 0 fully saturated rings. The van der Waals surface area contributed by atoms with E-state index in [0.717, 1.165) is 30.4 Å². The lowest BCUT2D eigenvalue weighted by molar-refractivity contribution is -0.888. The minimum Gasteiger partial charge on any atom is -1.00 e. The number of nitrogens with zero attached hydrogens (tertiary/aromatic N) is 5. The minimum absolute atomic E-state index is 0. The molecule has 0 spiro atoms. The average molecular weight is 615 g/mol. The molecule has 31 heavy (non-hydrogen) atoms. The van der Waals surface area contributed by atoms with E-state index in [-0.39, 0.29) is 48.3 Å². The smallest absolute Gasteiger partial charge is 0.434 e. The first-order chi connectivity index (χ1) is 14.1. The third-order valence-electron chi connectivity index (χ3n) is 5.03. The van der Waals surface area contributed by atoms with Crippen molar-refractivity contribution in [1.29, 1.82) is 0 Å². The molecule has 1 unspecified atom stereocenters. The zero-order valence-corrected chi connectivity index (χ0v) is 23.2. The highest BCUT2D eigenvalue weighted by molar-refractivity contribution is 7.54. The van der Waals surface area contributed by atoms with Crippen LogP contribution in [0.4, 0.5) is 5.95 Å². The summed E-state index contributed by atoms with van der Waals surface area (Å²) in [4.78, 5) is 14.2. The van der Waals surface area contributed by atoms with E-state index in [4.69, 9.17) is 27.7 Å². The maximum atomic E-state index is 13.6. The van der Waals surface area contributed by atoms with Gasteiger partial charge in [0.15, 0.2) is 0 Å². The number of unbranched alkanes of at least 4 members (excludes halogenated alkanes) is 1. The van der Waals surface area contributed by atoms with Crippen LogP contribution in [0, 0.1) is 10.1 Å². The number of quaternary nitrogens is 1. The van der Waals surface area contributed by atoms with E-state index in [2.05, 4.69) is 31.1 Å². The molecule has 14 heteroatoms. The highest BCUT2D eigenvalue weighted by Gasteiger charge is 2.32. The van der Waals surface area contributed by atoms with E-state index in [1.165, 1.54) is 17.8 Å². The molecule has 0 aliphatic carbocycles. The van der Waals surface area contributed by atoms with Crippen molar-refractivity contribution in [3.63, 3.8) is 0 Å². The Morgan fingerprint density at radius 2 is 1.94 bits per heavy atom. The number of nitrogens with one attached hydrogen (secondary N) is 1. The Morgan fingerprint density at radius 3 is 2.42 bits per heavy atom. The highest BCUT2D eigenvalue weighted by Crippen LogP contribution is 2.47. The molecule has 1 N–H and O–H groups in total. The second-order valence-electron chi connectivity index (χ2n) is 7.58. The van der Waals surface area contributed by atoms with E-state index < -0.39 is 12.6 Å². The van der Waals surface area contributed by atoms with Crippen LogP contribution in [-0.4, -0.2) is 82.2 Å². The molecule has 0 aliphatic rings. The molecule has 1 aromatic heterocycles. The average Bonchev–Trinajstić information content (AvgIpc) is 3.06. The Bertz CT molecular complexity index is 719. The fourth-order valence-electron chi connectivity index (χ4n) is 2.73. The van der Waals surface area contributed by atoms with E-state index in [1.807, 2.05) is 0 Å². The molecule has 0 radical (unpaired) electrons. The molecule has 1 heterocycles. The summed E-state index contributed by atoms with van der Waals surface area (Å²) in [6, 6.07) is 0. The van der Waals surface area contributed by atoms with Gasteiger partial charge in [0.1, 0.15) is 18.5 Å². The standard InChI is InChI=1S/C17H34Cl2N6O4P.HI/c1-5-25(3,4)13-7-6-10-21-30(28,23(11-8-18)12-9-19)29-15-16-14-20-17(22(16)2)24(26)27;/h14H,5-13,15H2,1-4H3,(H,21,28);1H/q+1;/p-1.